The highest BCUT2D eigenvalue weighted by Gasteiger charge is 2.23. The molecule has 1 aromatic carbocycles. The van der Waals surface area contributed by atoms with Gasteiger partial charge in [-0.25, -0.2) is 9.97 Å². The van der Waals surface area contributed by atoms with Gasteiger partial charge in [0.15, 0.2) is 5.82 Å². The molecule has 1 unspecified atom stereocenters. The Morgan fingerprint density at radius 3 is 2.96 bits per heavy atom. The fraction of sp³-hybridized carbons (Fsp3) is 0.444. The summed E-state index contributed by atoms with van der Waals surface area (Å²) >= 11 is 0. The van der Waals surface area contributed by atoms with Crippen molar-refractivity contribution in [1.82, 2.24) is 24.7 Å². The first-order chi connectivity index (χ1) is 12.9. The molecule has 1 atom stereocenters. The highest BCUT2D eigenvalue weighted by atomic mass is 16.5. The number of fused-ring (bicyclic) bond motifs is 2. The highest BCUT2D eigenvalue weighted by molar-refractivity contribution is 5.91. The highest BCUT2D eigenvalue weighted by Crippen LogP contribution is 2.31. The molecule has 0 amide bonds. The van der Waals surface area contributed by atoms with Crippen molar-refractivity contribution in [2.24, 2.45) is 0 Å². The Bertz CT molecular complexity index is 919. The van der Waals surface area contributed by atoms with Gasteiger partial charge in [-0.15, -0.1) is 10.2 Å². The van der Waals surface area contributed by atoms with Gasteiger partial charge in [0.1, 0.15) is 18.5 Å². The number of nitrogens with zero attached hydrogens (tertiary/aromatic N) is 6. The van der Waals surface area contributed by atoms with Crippen LogP contribution >= 0.6 is 0 Å². The maximum atomic E-state index is 5.46. The normalized spacial score (nSPS) is 20.2. The first-order valence-electron chi connectivity index (χ1n) is 9.10. The predicted octanol–water partition coefficient (Wildman–Crippen LogP) is 2.00. The van der Waals surface area contributed by atoms with Crippen molar-refractivity contribution in [3.05, 3.63) is 36.7 Å². The van der Waals surface area contributed by atoms with E-state index in [0.717, 1.165) is 68.2 Å². The van der Waals surface area contributed by atoms with Crippen molar-refractivity contribution in [2.75, 3.05) is 36.5 Å². The van der Waals surface area contributed by atoms with Crippen LogP contribution < -0.4 is 10.2 Å². The molecular formula is C18H21N7O. The maximum absolute atomic E-state index is 5.46. The van der Waals surface area contributed by atoms with Crippen molar-refractivity contribution >= 4 is 22.4 Å². The summed E-state index contributed by atoms with van der Waals surface area (Å²) in [6.45, 7) is 4.34. The summed E-state index contributed by atoms with van der Waals surface area (Å²) in [5.74, 6) is 1.83. The van der Waals surface area contributed by atoms with Gasteiger partial charge in [-0.05, 0) is 31.0 Å². The van der Waals surface area contributed by atoms with Crippen LogP contribution in [0.1, 0.15) is 24.7 Å². The molecule has 0 radical (unpaired) electrons. The molecule has 2 aliphatic heterocycles. The Morgan fingerprint density at radius 2 is 2.04 bits per heavy atom. The van der Waals surface area contributed by atoms with E-state index in [1.54, 1.807) is 12.7 Å². The molecule has 0 spiro atoms. The molecule has 2 aliphatic rings. The lowest BCUT2D eigenvalue weighted by atomic mass is 10.1. The van der Waals surface area contributed by atoms with E-state index in [-0.39, 0.29) is 6.04 Å². The van der Waals surface area contributed by atoms with Crippen LogP contribution in [0.4, 0.5) is 11.5 Å². The molecule has 1 saturated heterocycles. The summed E-state index contributed by atoms with van der Waals surface area (Å²) < 4.78 is 7.58. The molecule has 26 heavy (non-hydrogen) atoms. The molecule has 1 N–H and O–H groups in total. The van der Waals surface area contributed by atoms with E-state index in [4.69, 9.17) is 4.74 Å². The number of rotatable bonds is 3. The first-order valence-corrected chi connectivity index (χ1v) is 9.10. The monoisotopic (exact) mass is 351 g/mol. The third-order valence-corrected chi connectivity index (χ3v) is 5.16. The van der Waals surface area contributed by atoms with E-state index in [9.17, 15) is 0 Å². The maximum Gasteiger partial charge on any atom is 0.155 e. The fourth-order valence-corrected chi connectivity index (χ4v) is 3.78. The number of benzene rings is 1. The van der Waals surface area contributed by atoms with Crippen LogP contribution in [0.3, 0.4) is 0 Å². The van der Waals surface area contributed by atoms with Crippen LogP contribution in [0.25, 0.3) is 10.9 Å². The number of hydrogen-bond donors (Lipinski definition) is 1. The van der Waals surface area contributed by atoms with Gasteiger partial charge in [0.05, 0.1) is 24.8 Å². The van der Waals surface area contributed by atoms with E-state index < -0.39 is 0 Å². The van der Waals surface area contributed by atoms with Gasteiger partial charge in [-0.1, -0.05) is 0 Å². The van der Waals surface area contributed by atoms with E-state index in [2.05, 4.69) is 53.1 Å². The molecule has 134 valence electrons. The summed E-state index contributed by atoms with van der Waals surface area (Å²) in [6, 6.07) is 6.49. The number of morpholine rings is 1. The van der Waals surface area contributed by atoms with E-state index in [1.807, 2.05) is 0 Å². The summed E-state index contributed by atoms with van der Waals surface area (Å²) in [6.07, 6.45) is 5.54. The molecule has 0 aliphatic carbocycles. The van der Waals surface area contributed by atoms with E-state index in [1.165, 1.54) is 5.69 Å². The zero-order valence-corrected chi connectivity index (χ0v) is 14.5. The van der Waals surface area contributed by atoms with Crippen LogP contribution in [0.2, 0.25) is 0 Å². The van der Waals surface area contributed by atoms with Crippen LogP contribution in [0.5, 0.6) is 0 Å². The molecule has 4 heterocycles. The summed E-state index contributed by atoms with van der Waals surface area (Å²) in [7, 11) is 0. The van der Waals surface area contributed by atoms with Crippen LogP contribution in [0.15, 0.2) is 30.9 Å². The van der Waals surface area contributed by atoms with Crippen molar-refractivity contribution in [1.29, 1.82) is 0 Å². The molecule has 0 bridgehead atoms. The molecule has 3 aromatic rings. The topological polar surface area (TPSA) is 81.0 Å². The van der Waals surface area contributed by atoms with Crippen LogP contribution in [-0.2, 0) is 11.3 Å². The van der Waals surface area contributed by atoms with Gasteiger partial charge < -0.3 is 19.5 Å². The number of nitrogens with one attached hydrogen (secondary N) is 1. The minimum Gasteiger partial charge on any atom is -0.378 e. The van der Waals surface area contributed by atoms with Crippen LogP contribution in [-0.4, -0.2) is 51.0 Å². The van der Waals surface area contributed by atoms with Crippen LogP contribution in [0, 0.1) is 0 Å². The minimum atomic E-state index is 0.122. The Labute approximate surface area is 151 Å². The van der Waals surface area contributed by atoms with Gasteiger partial charge in [0.25, 0.3) is 0 Å². The van der Waals surface area contributed by atoms with Crippen molar-refractivity contribution in [3.63, 3.8) is 0 Å². The Morgan fingerprint density at radius 1 is 1.12 bits per heavy atom. The number of anilines is 2. The Balaban J connectivity index is 1.49. The first kappa shape index (κ1) is 15.5. The largest absolute Gasteiger partial charge is 0.378 e. The SMILES string of the molecule is c1nc(NC2CCCn3cnnc32)c2cc(N3CCOCC3)ccc2n1. The number of hydrogen-bond acceptors (Lipinski definition) is 7. The Hall–Kier alpha value is -2.74. The molecule has 8 heteroatoms. The standard InChI is InChI=1S/C18H21N7O/c1-2-16(18-23-21-12-25(18)5-1)22-17-14-10-13(24-6-8-26-9-7-24)3-4-15(14)19-11-20-17/h3-4,10-12,16H,1-2,5-9H2,(H,19,20,22). The molecular weight excluding hydrogens is 330 g/mol. The van der Waals surface area contributed by atoms with Crippen molar-refractivity contribution < 1.29 is 4.74 Å². The second-order valence-electron chi connectivity index (χ2n) is 6.74. The van der Waals surface area contributed by atoms with Gasteiger partial charge >= 0.3 is 0 Å². The Kier molecular flexibility index (Phi) is 3.89. The summed E-state index contributed by atoms with van der Waals surface area (Å²) in [4.78, 5) is 11.3. The van der Waals surface area contributed by atoms with Gasteiger partial charge in [-0.3, -0.25) is 0 Å². The van der Waals surface area contributed by atoms with Gasteiger partial charge in [0, 0.05) is 30.7 Å². The zero-order chi connectivity index (χ0) is 17.3. The smallest absolute Gasteiger partial charge is 0.155 e. The average Bonchev–Trinajstić information content (AvgIpc) is 3.18. The molecule has 0 saturated carbocycles. The lowest BCUT2D eigenvalue weighted by Gasteiger charge is -2.29. The zero-order valence-electron chi connectivity index (χ0n) is 14.5. The molecule has 8 nitrogen and oxygen atoms in total. The minimum absolute atomic E-state index is 0.122. The fourth-order valence-electron chi connectivity index (χ4n) is 3.78. The third kappa shape index (κ3) is 2.76. The molecule has 5 rings (SSSR count). The predicted molar refractivity (Wildman–Crippen MR) is 98.2 cm³/mol. The van der Waals surface area contributed by atoms with Gasteiger partial charge in [0.2, 0.25) is 0 Å². The second-order valence-corrected chi connectivity index (χ2v) is 6.74. The summed E-state index contributed by atoms with van der Waals surface area (Å²) in [5.41, 5.74) is 2.13. The van der Waals surface area contributed by atoms with Gasteiger partial charge in [-0.2, -0.15) is 0 Å². The number of ether oxygens (including phenoxy) is 1. The van der Waals surface area contributed by atoms with E-state index >= 15 is 0 Å². The van der Waals surface area contributed by atoms with Crippen molar-refractivity contribution in [2.45, 2.75) is 25.4 Å². The average molecular weight is 351 g/mol. The second kappa shape index (κ2) is 6.53. The van der Waals surface area contributed by atoms with E-state index in [0.29, 0.717) is 0 Å². The molecule has 2 aromatic heterocycles. The number of aryl methyl sites for hydroxylation is 1. The van der Waals surface area contributed by atoms with Crippen molar-refractivity contribution in [3.8, 4) is 0 Å². The number of aromatic nitrogens is 5. The summed E-state index contributed by atoms with van der Waals surface area (Å²) in [5, 5.41) is 13.0. The lowest BCUT2D eigenvalue weighted by Crippen LogP contribution is -2.36. The molecule has 1 fully saturated rings. The quantitative estimate of drug-likeness (QED) is 0.773. The lowest BCUT2D eigenvalue weighted by molar-refractivity contribution is 0.122. The third-order valence-electron chi connectivity index (χ3n) is 5.16.